The summed E-state index contributed by atoms with van der Waals surface area (Å²) < 4.78 is 5.95. The minimum atomic E-state index is -0.853. The fourth-order valence-corrected chi connectivity index (χ4v) is 1.89. The predicted octanol–water partition coefficient (Wildman–Crippen LogP) is 1.43. The van der Waals surface area contributed by atoms with Crippen LogP contribution in [0.3, 0.4) is 0 Å². The lowest BCUT2D eigenvalue weighted by atomic mass is 10.2. The molecule has 0 bridgehead atoms. The van der Waals surface area contributed by atoms with E-state index in [9.17, 15) is 19.7 Å². The van der Waals surface area contributed by atoms with Crippen LogP contribution in [0.15, 0.2) is 29.3 Å². The lowest BCUT2D eigenvalue weighted by molar-refractivity contribution is -0.384. The minimum absolute atomic E-state index is 0.0860. The Kier molecular flexibility index (Phi) is 3.97. The fraction of sp³-hybridized carbons (Fsp3) is 0.308. The van der Waals surface area contributed by atoms with E-state index >= 15 is 0 Å². The van der Waals surface area contributed by atoms with Crippen molar-refractivity contribution in [1.82, 2.24) is 9.55 Å². The number of aromatic nitrogens is 2. The summed E-state index contributed by atoms with van der Waals surface area (Å²) in [4.78, 5) is 38.3. The van der Waals surface area contributed by atoms with E-state index in [1.54, 1.807) is 6.92 Å². The molecule has 0 saturated carbocycles. The Morgan fingerprint density at radius 2 is 2.24 bits per heavy atom. The third-order valence-corrected chi connectivity index (χ3v) is 3.02. The van der Waals surface area contributed by atoms with Crippen molar-refractivity contribution in [3.8, 4) is 0 Å². The first kappa shape index (κ1) is 14.6. The number of nitro benzene ring substituents is 1. The van der Waals surface area contributed by atoms with Crippen LogP contribution in [0.25, 0.3) is 10.9 Å². The molecule has 1 unspecified atom stereocenters. The lowest BCUT2D eigenvalue weighted by Crippen LogP contribution is -2.29. The lowest BCUT2D eigenvalue weighted by Gasteiger charge is -2.13. The number of benzene rings is 1. The summed E-state index contributed by atoms with van der Waals surface area (Å²) in [5.41, 5.74) is -0.398. The monoisotopic (exact) mass is 291 g/mol. The maximum absolute atomic E-state index is 12.3. The van der Waals surface area contributed by atoms with Crippen LogP contribution in [-0.4, -0.2) is 27.1 Å². The Hall–Kier alpha value is -2.77. The number of carbonyl (C=O) groups excluding carboxylic acids is 1. The molecule has 1 heterocycles. The molecule has 2 aromatic rings. The van der Waals surface area contributed by atoms with Crippen molar-refractivity contribution in [2.75, 3.05) is 6.61 Å². The van der Waals surface area contributed by atoms with Crippen LogP contribution in [0, 0.1) is 10.1 Å². The quantitative estimate of drug-likeness (QED) is 0.479. The van der Waals surface area contributed by atoms with Crippen molar-refractivity contribution >= 4 is 22.6 Å². The summed E-state index contributed by atoms with van der Waals surface area (Å²) >= 11 is 0. The smallest absolute Gasteiger partial charge is 0.328 e. The summed E-state index contributed by atoms with van der Waals surface area (Å²) in [7, 11) is 0. The van der Waals surface area contributed by atoms with Gasteiger partial charge in [0, 0.05) is 12.1 Å². The number of rotatable bonds is 4. The number of hydrogen-bond acceptors (Lipinski definition) is 6. The highest BCUT2D eigenvalue weighted by molar-refractivity contribution is 5.80. The third-order valence-electron chi connectivity index (χ3n) is 3.02. The molecule has 110 valence electrons. The molecule has 8 heteroatoms. The van der Waals surface area contributed by atoms with E-state index < -0.39 is 22.5 Å². The number of esters is 1. The molecule has 8 nitrogen and oxygen atoms in total. The molecular weight excluding hydrogens is 278 g/mol. The van der Waals surface area contributed by atoms with Crippen LogP contribution in [-0.2, 0) is 9.53 Å². The average Bonchev–Trinajstić information content (AvgIpc) is 2.47. The fourth-order valence-electron chi connectivity index (χ4n) is 1.89. The molecule has 0 spiro atoms. The van der Waals surface area contributed by atoms with Gasteiger partial charge in [-0.1, -0.05) is 0 Å². The molecule has 0 radical (unpaired) electrons. The van der Waals surface area contributed by atoms with E-state index in [0.717, 1.165) is 10.6 Å². The van der Waals surface area contributed by atoms with Crippen LogP contribution < -0.4 is 5.56 Å². The number of fused-ring (bicyclic) bond motifs is 1. The van der Waals surface area contributed by atoms with Gasteiger partial charge in [0.25, 0.3) is 11.2 Å². The van der Waals surface area contributed by atoms with Gasteiger partial charge in [-0.2, -0.15) is 0 Å². The third kappa shape index (κ3) is 2.73. The second-order valence-corrected chi connectivity index (χ2v) is 4.34. The normalized spacial score (nSPS) is 12.1. The van der Waals surface area contributed by atoms with Gasteiger partial charge in [0.2, 0.25) is 0 Å². The van der Waals surface area contributed by atoms with Crippen molar-refractivity contribution in [1.29, 1.82) is 0 Å². The van der Waals surface area contributed by atoms with Gasteiger partial charge in [-0.15, -0.1) is 0 Å². The first-order valence-electron chi connectivity index (χ1n) is 6.27. The van der Waals surface area contributed by atoms with Crippen LogP contribution >= 0.6 is 0 Å². The van der Waals surface area contributed by atoms with Gasteiger partial charge in [-0.3, -0.25) is 19.5 Å². The zero-order chi connectivity index (χ0) is 15.6. The zero-order valence-corrected chi connectivity index (χ0v) is 11.5. The highest BCUT2D eigenvalue weighted by Gasteiger charge is 2.19. The van der Waals surface area contributed by atoms with E-state index in [4.69, 9.17) is 4.74 Å². The highest BCUT2D eigenvalue weighted by atomic mass is 16.6. The summed E-state index contributed by atoms with van der Waals surface area (Å²) in [6.45, 7) is 3.37. The van der Waals surface area contributed by atoms with Gasteiger partial charge in [-0.25, -0.2) is 9.78 Å². The molecule has 0 N–H and O–H groups in total. The number of nitrogens with zero attached hydrogens (tertiary/aromatic N) is 3. The van der Waals surface area contributed by atoms with Crippen LogP contribution in [0.2, 0.25) is 0 Å². The summed E-state index contributed by atoms with van der Waals surface area (Å²) in [6, 6.07) is 2.97. The van der Waals surface area contributed by atoms with E-state index in [2.05, 4.69) is 4.98 Å². The van der Waals surface area contributed by atoms with E-state index in [1.807, 2.05) is 0 Å². The number of carbonyl (C=O) groups is 1. The molecule has 0 amide bonds. The zero-order valence-electron chi connectivity index (χ0n) is 11.5. The van der Waals surface area contributed by atoms with Crippen LogP contribution in [0.4, 0.5) is 5.69 Å². The number of hydrogen-bond donors (Lipinski definition) is 0. The Bertz CT molecular complexity index is 768. The Morgan fingerprint density at radius 3 is 2.86 bits per heavy atom. The molecule has 1 aromatic heterocycles. The van der Waals surface area contributed by atoms with E-state index in [0.29, 0.717) is 5.52 Å². The van der Waals surface area contributed by atoms with Crippen LogP contribution in [0.5, 0.6) is 0 Å². The average molecular weight is 291 g/mol. The highest BCUT2D eigenvalue weighted by Crippen LogP contribution is 2.17. The van der Waals surface area contributed by atoms with Crippen LogP contribution in [0.1, 0.15) is 19.9 Å². The first-order chi connectivity index (χ1) is 9.95. The second kappa shape index (κ2) is 5.70. The summed E-state index contributed by atoms with van der Waals surface area (Å²) in [6.07, 6.45) is 1.23. The summed E-state index contributed by atoms with van der Waals surface area (Å²) in [5.74, 6) is -0.564. The van der Waals surface area contributed by atoms with Crippen molar-refractivity contribution in [2.45, 2.75) is 19.9 Å². The minimum Gasteiger partial charge on any atom is -0.464 e. The van der Waals surface area contributed by atoms with Gasteiger partial charge in [0.1, 0.15) is 6.04 Å². The van der Waals surface area contributed by atoms with Gasteiger partial charge < -0.3 is 4.74 Å². The number of ether oxygens (including phenoxy) is 1. The molecule has 1 atom stereocenters. The maximum atomic E-state index is 12.3. The van der Waals surface area contributed by atoms with Crippen molar-refractivity contribution in [3.63, 3.8) is 0 Å². The number of non-ortho nitro benzene ring substituents is 1. The molecule has 0 saturated heterocycles. The molecule has 0 aliphatic heterocycles. The van der Waals surface area contributed by atoms with E-state index in [1.165, 1.54) is 25.4 Å². The van der Waals surface area contributed by atoms with Crippen molar-refractivity contribution < 1.29 is 14.5 Å². The molecule has 21 heavy (non-hydrogen) atoms. The Labute approximate surface area is 119 Å². The largest absolute Gasteiger partial charge is 0.464 e. The standard InChI is InChI=1S/C13H13N3O5/c1-3-21-13(18)8(2)15-7-14-11-5-4-9(16(19)20)6-10(11)12(15)17/h4-8H,3H2,1-2H3. The topological polar surface area (TPSA) is 104 Å². The van der Waals surface area contributed by atoms with Gasteiger partial charge in [0.15, 0.2) is 0 Å². The summed E-state index contributed by atoms with van der Waals surface area (Å²) in [5, 5.41) is 10.9. The van der Waals surface area contributed by atoms with Gasteiger partial charge in [0.05, 0.1) is 28.8 Å². The Balaban J connectivity index is 2.57. The molecule has 1 aromatic carbocycles. The Morgan fingerprint density at radius 1 is 1.52 bits per heavy atom. The molecule has 0 fully saturated rings. The number of nitro groups is 1. The molecule has 2 rings (SSSR count). The van der Waals surface area contributed by atoms with Crippen molar-refractivity contribution in [2.24, 2.45) is 0 Å². The molecular formula is C13H13N3O5. The first-order valence-corrected chi connectivity index (χ1v) is 6.27. The maximum Gasteiger partial charge on any atom is 0.328 e. The molecule has 0 aliphatic rings. The van der Waals surface area contributed by atoms with Gasteiger partial charge in [-0.05, 0) is 19.9 Å². The SMILES string of the molecule is CCOC(=O)C(C)n1cnc2ccc([N+](=O)[O-])cc2c1=O. The predicted molar refractivity (Wildman–Crippen MR) is 74.0 cm³/mol. The second-order valence-electron chi connectivity index (χ2n) is 4.34. The van der Waals surface area contributed by atoms with Gasteiger partial charge >= 0.3 is 5.97 Å². The van der Waals surface area contributed by atoms with Crippen molar-refractivity contribution in [3.05, 3.63) is 45.0 Å². The molecule has 0 aliphatic carbocycles. The van der Waals surface area contributed by atoms with E-state index in [-0.39, 0.29) is 17.7 Å².